The quantitative estimate of drug-likeness (QED) is 0.919. The average Bonchev–Trinajstić information content (AvgIpc) is 2.34. The molecule has 0 amide bonds. The van der Waals surface area contributed by atoms with Crippen LogP contribution in [0.1, 0.15) is 5.56 Å². The van der Waals surface area contributed by atoms with Gasteiger partial charge in [-0.1, -0.05) is 11.6 Å². The van der Waals surface area contributed by atoms with Crippen LogP contribution in [0.25, 0.3) is 0 Å². The molecule has 2 aromatic rings. The lowest BCUT2D eigenvalue weighted by molar-refractivity contribution is 0.478. The zero-order valence-corrected chi connectivity index (χ0v) is 11.2. The van der Waals surface area contributed by atoms with E-state index < -0.39 is 0 Å². The number of aromatic nitrogens is 1. The van der Waals surface area contributed by atoms with E-state index in [4.69, 9.17) is 21.6 Å². The predicted molar refractivity (Wildman–Crippen MR) is 71.0 cm³/mol. The third-order valence-corrected chi connectivity index (χ3v) is 3.06. The lowest BCUT2D eigenvalue weighted by Gasteiger charge is -2.07. The molecule has 1 aromatic heterocycles. The monoisotopic (exact) mass is 324 g/mol. The summed E-state index contributed by atoms with van der Waals surface area (Å²) in [5, 5.41) is 9.22. The van der Waals surface area contributed by atoms with E-state index in [1.807, 2.05) is 6.07 Å². The fourth-order valence-electron chi connectivity index (χ4n) is 1.33. The molecule has 0 fully saturated rings. The number of pyridine rings is 1. The summed E-state index contributed by atoms with van der Waals surface area (Å²) >= 11 is 8.98. The first-order valence-corrected chi connectivity index (χ1v) is 6.03. The number of nitriles is 1. The molecule has 0 aliphatic heterocycles. The number of hydrogen-bond donors (Lipinski definition) is 1. The van der Waals surface area contributed by atoms with Crippen molar-refractivity contribution in [1.82, 2.24) is 4.98 Å². The number of nitrogens with zero attached hydrogens (tertiary/aromatic N) is 1. The van der Waals surface area contributed by atoms with Crippen LogP contribution in [-0.2, 0) is 0 Å². The largest absolute Gasteiger partial charge is 0.456 e. The van der Waals surface area contributed by atoms with E-state index in [-0.39, 0.29) is 10.0 Å². The van der Waals surface area contributed by atoms with Crippen LogP contribution in [0.3, 0.4) is 0 Å². The normalized spacial score (nSPS) is 9.83. The number of halogens is 2. The molecule has 0 radical (unpaired) electrons. The van der Waals surface area contributed by atoms with Gasteiger partial charge in [-0.05, 0) is 40.2 Å². The molecular formula is C12H6BrClN2O2. The number of nitrogens with one attached hydrogen (secondary N) is 1. The molecule has 18 heavy (non-hydrogen) atoms. The second-order valence-electron chi connectivity index (χ2n) is 3.37. The lowest BCUT2D eigenvalue weighted by Crippen LogP contribution is -2.06. The third kappa shape index (κ3) is 2.73. The Morgan fingerprint density at radius 3 is 2.89 bits per heavy atom. The molecule has 1 N–H and O–H groups in total. The fourth-order valence-corrected chi connectivity index (χ4v) is 1.89. The molecule has 0 aliphatic rings. The highest BCUT2D eigenvalue weighted by molar-refractivity contribution is 9.10. The summed E-state index contributed by atoms with van der Waals surface area (Å²) in [7, 11) is 0. The maximum Gasteiger partial charge on any atom is 0.266 e. The molecule has 1 heterocycles. The van der Waals surface area contributed by atoms with Crippen molar-refractivity contribution in [1.29, 1.82) is 5.26 Å². The second kappa shape index (κ2) is 5.25. The predicted octanol–water partition coefficient (Wildman–Crippen LogP) is 3.45. The van der Waals surface area contributed by atoms with Crippen LogP contribution in [-0.4, -0.2) is 4.98 Å². The van der Waals surface area contributed by atoms with Crippen LogP contribution in [0.15, 0.2) is 39.7 Å². The first-order chi connectivity index (χ1) is 8.60. The summed E-state index contributed by atoms with van der Waals surface area (Å²) in [5.74, 6) is 0.746. The Balaban J connectivity index is 2.40. The van der Waals surface area contributed by atoms with Gasteiger partial charge in [-0.3, -0.25) is 4.79 Å². The first-order valence-electron chi connectivity index (χ1n) is 4.86. The summed E-state index contributed by atoms with van der Waals surface area (Å²) in [6, 6.07) is 8.21. The zero-order valence-electron chi connectivity index (χ0n) is 8.91. The molecule has 1 aromatic carbocycles. The minimum Gasteiger partial charge on any atom is -0.456 e. The minimum absolute atomic E-state index is 0.281. The van der Waals surface area contributed by atoms with Crippen LogP contribution in [0.2, 0.25) is 5.02 Å². The van der Waals surface area contributed by atoms with Crippen molar-refractivity contribution in [2.24, 2.45) is 0 Å². The first kappa shape index (κ1) is 12.7. The van der Waals surface area contributed by atoms with Crippen LogP contribution in [0.4, 0.5) is 0 Å². The summed E-state index contributed by atoms with van der Waals surface area (Å²) < 4.78 is 5.79. The smallest absolute Gasteiger partial charge is 0.266 e. The highest BCUT2D eigenvalue weighted by Crippen LogP contribution is 2.29. The van der Waals surface area contributed by atoms with Crippen LogP contribution in [0.5, 0.6) is 11.5 Å². The molecule has 0 spiro atoms. The second-order valence-corrected chi connectivity index (χ2v) is 4.60. The maximum atomic E-state index is 11.4. The van der Waals surface area contributed by atoms with E-state index in [1.54, 1.807) is 18.2 Å². The van der Waals surface area contributed by atoms with Crippen molar-refractivity contribution in [3.05, 3.63) is 55.9 Å². The van der Waals surface area contributed by atoms with Gasteiger partial charge in [0, 0.05) is 11.2 Å². The van der Waals surface area contributed by atoms with Gasteiger partial charge >= 0.3 is 0 Å². The Labute approximate surface area is 116 Å². The van der Waals surface area contributed by atoms with Gasteiger partial charge in [-0.2, -0.15) is 5.26 Å². The van der Waals surface area contributed by atoms with Gasteiger partial charge in [0.2, 0.25) is 0 Å². The minimum atomic E-state index is -0.296. The van der Waals surface area contributed by atoms with Gasteiger partial charge in [-0.15, -0.1) is 0 Å². The number of rotatable bonds is 2. The van der Waals surface area contributed by atoms with Crippen LogP contribution in [0, 0.1) is 11.3 Å². The van der Waals surface area contributed by atoms with Crippen molar-refractivity contribution in [3.63, 3.8) is 0 Å². The Kier molecular flexibility index (Phi) is 3.70. The van der Waals surface area contributed by atoms with E-state index in [0.717, 1.165) is 0 Å². The van der Waals surface area contributed by atoms with Gasteiger partial charge in [0.15, 0.2) is 0 Å². The van der Waals surface area contributed by atoms with Crippen molar-refractivity contribution in [2.45, 2.75) is 0 Å². The third-order valence-electron chi connectivity index (χ3n) is 2.09. The molecule has 0 saturated carbocycles. The van der Waals surface area contributed by atoms with Crippen molar-refractivity contribution in [3.8, 4) is 17.6 Å². The molecule has 0 bridgehead atoms. The fraction of sp³-hybridized carbons (Fsp3) is 0. The van der Waals surface area contributed by atoms with Gasteiger partial charge in [0.05, 0.1) is 11.6 Å². The van der Waals surface area contributed by atoms with E-state index in [1.165, 1.54) is 12.3 Å². The average molecular weight is 326 g/mol. The van der Waals surface area contributed by atoms with E-state index in [0.29, 0.717) is 22.1 Å². The SMILES string of the molecule is N#Cc1cc(Cl)cc(Oc2cc[nH]c(=O)c2Br)c1. The Bertz CT molecular complexity index is 691. The number of benzene rings is 1. The van der Waals surface area contributed by atoms with Gasteiger partial charge < -0.3 is 9.72 Å². The van der Waals surface area contributed by atoms with Crippen molar-refractivity contribution < 1.29 is 4.74 Å². The molecule has 0 unspecified atom stereocenters. The topological polar surface area (TPSA) is 65.9 Å². The Hall–Kier alpha value is -1.77. The Morgan fingerprint density at radius 2 is 2.17 bits per heavy atom. The number of ether oxygens (including phenoxy) is 1. The number of H-pyrrole nitrogens is 1. The highest BCUT2D eigenvalue weighted by Gasteiger charge is 2.07. The molecule has 4 nitrogen and oxygen atoms in total. The number of hydrogen-bond acceptors (Lipinski definition) is 3. The maximum absolute atomic E-state index is 11.4. The molecule has 90 valence electrons. The molecule has 0 atom stereocenters. The van der Waals surface area contributed by atoms with E-state index in [2.05, 4.69) is 20.9 Å². The van der Waals surface area contributed by atoms with Crippen LogP contribution >= 0.6 is 27.5 Å². The van der Waals surface area contributed by atoms with Crippen molar-refractivity contribution in [2.75, 3.05) is 0 Å². The lowest BCUT2D eigenvalue weighted by atomic mass is 10.2. The van der Waals surface area contributed by atoms with E-state index >= 15 is 0 Å². The number of aromatic amines is 1. The summed E-state index contributed by atoms with van der Waals surface area (Å²) in [5.41, 5.74) is 0.0912. The molecule has 0 saturated heterocycles. The molecule has 2 rings (SSSR count). The highest BCUT2D eigenvalue weighted by atomic mass is 79.9. The summed E-state index contributed by atoms with van der Waals surface area (Å²) in [6.07, 6.45) is 1.47. The van der Waals surface area contributed by atoms with E-state index in [9.17, 15) is 4.79 Å². The van der Waals surface area contributed by atoms with Gasteiger partial charge in [0.25, 0.3) is 5.56 Å². The molecule has 6 heteroatoms. The Morgan fingerprint density at radius 1 is 1.39 bits per heavy atom. The van der Waals surface area contributed by atoms with Gasteiger partial charge in [0.1, 0.15) is 16.0 Å². The summed E-state index contributed by atoms with van der Waals surface area (Å²) in [4.78, 5) is 13.9. The molecular weight excluding hydrogens is 320 g/mol. The molecule has 0 aliphatic carbocycles. The zero-order chi connectivity index (χ0) is 13.1. The van der Waals surface area contributed by atoms with Gasteiger partial charge in [-0.25, -0.2) is 0 Å². The standard InChI is InChI=1S/C12H6BrClN2O2/c13-11-10(1-2-16-12(11)17)18-9-4-7(6-15)3-8(14)5-9/h1-5H,(H,16,17). The van der Waals surface area contributed by atoms with Crippen LogP contribution < -0.4 is 10.3 Å². The van der Waals surface area contributed by atoms with Crippen molar-refractivity contribution >= 4 is 27.5 Å². The summed E-state index contributed by atoms with van der Waals surface area (Å²) in [6.45, 7) is 0.